The van der Waals surface area contributed by atoms with Crippen LogP contribution in [0.2, 0.25) is 0 Å². The van der Waals surface area contributed by atoms with Crippen molar-refractivity contribution in [2.24, 2.45) is 0 Å². The lowest BCUT2D eigenvalue weighted by atomic mass is 10.1. The van der Waals surface area contributed by atoms with Gasteiger partial charge in [-0.05, 0) is 42.8 Å². The molecule has 0 aliphatic heterocycles. The highest BCUT2D eigenvalue weighted by Crippen LogP contribution is 2.09. The number of tetrazole rings is 1. The maximum absolute atomic E-state index is 4.10. The highest BCUT2D eigenvalue weighted by molar-refractivity contribution is 5.22. The number of benzene rings is 1. The fourth-order valence-electron chi connectivity index (χ4n) is 2.18. The molecule has 5 heteroatoms. The monoisotopic (exact) mass is 259 g/mol. The molecule has 5 nitrogen and oxygen atoms in total. The van der Waals surface area contributed by atoms with Crippen LogP contribution in [0, 0.1) is 6.92 Å². The first-order chi connectivity index (χ1) is 9.20. The standard InChI is InChI=1S/C14H21N5/c1-4-15-12(3)14-16-17-18-19(14)9-8-13-7-5-6-11(2)10-13/h5-7,10,12,15H,4,8-9H2,1-3H3. The minimum Gasteiger partial charge on any atom is -0.308 e. The van der Waals surface area contributed by atoms with Crippen LogP contribution in [0.4, 0.5) is 0 Å². The van der Waals surface area contributed by atoms with Gasteiger partial charge in [0.1, 0.15) is 0 Å². The van der Waals surface area contributed by atoms with Crippen LogP contribution in [0.15, 0.2) is 24.3 Å². The van der Waals surface area contributed by atoms with Crippen molar-refractivity contribution >= 4 is 0 Å². The number of hydrogen-bond acceptors (Lipinski definition) is 4. The van der Waals surface area contributed by atoms with Crippen LogP contribution in [0.25, 0.3) is 0 Å². The van der Waals surface area contributed by atoms with Gasteiger partial charge in [-0.25, -0.2) is 4.68 Å². The topological polar surface area (TPSA) is 55.6 Å². The third-order valence-corrected chi connectivity index (χ3v) is 3.15. The van der Waals surface area contributed by atoms with Crippen molar-refractivity contribution in [3.05, 3.63) is 41.2 Å². The molecule has 0 spiro atoms. The molecule has 0 saturated carbocycles. The number of aromatic nitrogens is 4. The summed E-state index contributed by atoms with van der Waals surface area (Å²) in [4.78, 5) is 0. The van der Waals surface area contributed by atoms with E-state index in [1.54, 1.807) is 0 Å². The van der Waals surface area contributed by atoms with Gasteiger partial charge in [-0.15, -0.1) is 5.10 Å². The molecule has 0 aliphatic carbocycles. The zero-order valence-corrected chi connectivity index (χ0v) is 11.8. The molecule has 1 N–H and O–H groups in total. The average molecular weight is 259 g/mol. The van der Waals surface area contributed by atoms with Gasteiger partial charge in [0.2, 0.25) is 0 Å². The van der Waals surface area contributed by atoms with Crippen molar-refractivity contribution in [2.45, 2.75) is 39.8 Å². The van der Waals surface area contributed by atoms with Crippen molar-refractivity contribution in [3.63, 3.8) is 0 Å². The van der Waals surface area contributed by atoms with Crippen LogP contribution in [-0.2, 0) is 13.0 Å². The molecule has 0 bridgehead atoms. The van der Waals surface area contributed by atoms with Crippen LogP contribution in [0.5, 0.6) is 0 Å². The molecule has 0 amide bonds. The van der Waals surface area contributed by atoms with Crippen LogP contribution in [0.1, 0.15) is 36.8 Å². The molecule has 102 valence electrons. The van der Waals surface area contributed by atoms with Gasteiger partial charge in [-0.1, -0.05) is 36.8 Å². The maximum Gasteiger partial charge on any atom is 0.167 e. The quantitative estimate of drug-likeness (QED) is 0.860. The first kappa shape index (κ1) is 13.7. The number of aryl methyl sites for hydroxylation is 3. The summed E-state index contributed by atoms with van der Waals surface area (Å²) >= 11 is 0. The molecular weight excluding hydrogens is 238 g/mol. The Kier molecular flexibility index (Phi) is 4.63. The van der Waals surface area contributed by atoms with Crippen LogP contribution in [-0.4, -0.2) is 26.8 Å². The fraction of sp³-hybridized carbons (Fsp3) is 0.500. The second kappa shape index (κ2) is 6.43. The van der Waals surface area contributed by atoms with Crippen molar-refractivity contribution in [1.82, 2.24) is 25.5 Å². The summed E-state index contributed by atoms with van der Waals surface area (Å²) in [5.74, 6) is 0.898. The summed E-state index contributed by atoms with van der Waals surface area (Å²) in [6.07, 6.45) is 0.943. The lowest BCUT2D eigenvalue weighted by Crippen LogP contribution is -2.22. The minimum atomic E-state index is 0.178. The van der Waals surface area contributed by atoms with Gasteiger partial charge in [-0.2, -0.15) is 0 Å². The van der Waals surface area contributed by atoms with E-state index < -0.39 is 0 Å². The summed E-state index contributed by atoms with van der Waals surface area (Å²) in [6.45, 7) is 7.99. The van der Waals surface area contributed by atoms with Gasteiger partial charge in [0.05, 0.1) is 6.04 Å². The van der Waals surface area contributed by atoms with Crippen molar-refractivity contribution < 1.29 is 0 Å². The van der Waals surface area contributed by atoms with Gasteiger partial charge >= 0.3 is 0 Å². The summed E-state index contributed by atoms with van der Waals surface area (Å²) in [5, 5.41) is 15.3. The molecule has 19 heavy (non-hydrogen) atoms. The largest absolute Gasteiger partial charge is 0.308 e. The lowest BCUT2D eigenvalue weighted by Gasteiger charge is -2.12. The molecule has 1 aromatic heterocycles. The molecule has 0 fully saturated rings. The van der Waals surface area contributed by atoms with E-state index in [0.29, 0.717) is 0 Å². The Bertz CT molecular complexity index is 520. The molecule has 2 aromatic rings. The smallest absolute Gasteiger partial charge is 0.167 e. The maximum atomic E-state index is 4.10. The van der Waals surface area contributed by atoms with Crippen molar-refractivity contribution in [1.29, 1.82) is 0 Å². The van der Waals surface area contributed by atoms with E-state index >= 15 is 0 Å². The highest BCUT2D eigenvalue weighted by Gasteiger charge is 2.12. The number of rotatable bonds is 6. The molecule has 1 heterocycles. The van der Waals surface area contributed by atoms with Gasteiger partial charge in [0.15, 0.2) is 5.82 Å². The summed E-state index contributed by atoms with van der Waals surface area (Å²) in [6, 6.07) is 8.73. The average Bonchev–Trinajstić information content (AvgIpc) is 2.85. The predicted molar refractivity (Wildman–Crippen MR) is 74.8 cm³/mol. The molecule has 0 radical (unpaired) electrons. The summed E-state index contributed by atoms with van der Waals surface area (Å²) < 4.78 is 1.88. The Morgan fingerprint density at radius 2 is 2.21 bits per heavy atom. The highest BCUT2D eigenvalue weighted by atomic mass is 15.5. The second-order valence-electron chi connectivity index (χ2n) is 4.78. The Hall–Kier alpha value is -1.75. The Morgan fingerprint density at radius 3 is 2.95 bits per heavy atom. The van der Waals surface area contributed by atoms with E-state index in [1.807, 2.05) is 4.68 Å². The van der Waals surface area contributed by atoms with E-state index in [0.717, 1.165) is 25.3 Å². The zero-order chi connectivity index (χ0) is 13.7. The van der Waals surface area contributed by atoms with Gasteiger partial charge < -0.3 is 5.32 Å². The first-order valence-electron chi connectivity index (χ1n) is 6.75. The lowest BCUT2D eigenvalue weighted by molar-refractivity contribution is 0.495. The third-order valence-electron chi connectivity index (χ3n) is 3.15. The van der Waals surface area contributed by atoms with Gasteiger partial charge in [-0.3, -0.25) is 0 Å². The van der Waals surface area contributed by atoms with Crippen molar-refractivity contribution in [3.8, 4) is 0 Å². The van der Waals surface area contributed by atoms with E-state index in [-0.39, 0.29) is 6.04 Å². The van der Waals surface area contributed by atoms with E-state index in [9.17, 15) is 0 Å². The summed E-state index contributed by atoms with van der Waals surface area (Å²) in [5.41, 5.74) is 2.60. The van der Waals surface area contributed by atoms with Crippen LogP contribution >= 0.6 is 0 Å². The molecule has 0 aliphatic rings. The van der Waals surface area contributed by atoms with Crippen LogP contribution < -0.4 is 5.32 Å². The van der Waals surface area contributed by atoms with Crippen molar-refractivity contribution in [2.75, 3.05) is 6.54 Å². The molecule has 1 atom stereocenters. The van der Waals surface area contributed by atoms with E-state index in [1.165, 1.54) is 11.1 Å². The number of nitrogens with one attached hydrogen (secondary N) is 1. The van der Waals surface area contributed by atoms with Crippen LogP contribution in [0.3, 0.4) is 0 Å². The number of nitrogens with zero attached hydrogens (tertiary/aromatic N) is 4. The Morgan fingerprint density at radius 1 is 1.37 bits per heavy atom. The first-order valence-corrected chi connectivity index (χ1v) is 6.75. The number of hydrogen-bond donors (Lipinski definition) is 1. The molecule has 2 rings (SSSR count). The molecular formula is C14H21N5. The summed E-state index contributed by atoms with van der Waals surface area (Å²) in [7, 11) is 0. The molecule has 1 aromatic carbocycles. The zero-order valence-electron chi connectivity index (χ0n) is 11.8. The SMILES string of the molecule is CCNC(C)c1nnnn1CCc1cccc(C)c1. The fourth-order valence-corrected chi connectivity index (χ4v) is 2.18. The second-order valence-corrected chi connectivity index (χ2v) is 4.78. The Balaban J connectivity index is 2.02. The molecule has 1 unspecified atom stereocenters. The predicted octanol–water partition coefficient (Wildman–Crippen LogP) is 1.89. The van der Waals surface area contributed by atoms with E-state index in [4.69, 9.17) is 0 Å². The Labute approximate surface area is 114 Å². The third kappa shape index (κ3) is 3.61. The molecule has 0 saturated heterocycles. The van der Waals surface area contributed by atoms with E-state index in [2.05, 4.69) is 65.9 Å². The minimum absolute atomic E-state index is 0.178. The normalized spacial score (nSPS) is 12.6. The van der Waals surface area contributed by atoms with Gasteiger partial charge in [0, 0.05) is 6.54 Å². The van der Waals surface area contributed by atoms with Gasteiger partial charge in [0.25, 0.3) is 0 Å².